The third kappa shape index (κ3) is 3.70. The topological polar surface area (TPSA) is 82.1 Å². The van der Waals surface area contributed by atoms with Crippen molar-refractivity contribution in [1.29, 1.82) is 0 Å². The Hall–Kier alpha value is -2.86. The molecule has 26 heavy (non-hydrogen) atoms. The Morgan fingerprint density at radius 1 is 1.04 bits per heavy atom. The first-order valence-corrected chi connectivity index (χ1v) is 8.30. The molecule has 0 bridgehead atoms. The molecule has 1 N–H and O–H groups in total. The lowest BCUT2D eigenvalue weighted by Gasteiger charge is -2.33. The smallest absolute Gasteiger partial charge is 0.305 e. The summed E-state index contributed by atoms with van der Waals surface area (Å²) in [6.45, 7) is 2.77. The Morgan fingerprint density at radius 3 is 2.31 bits per heavy atom. The summed E-state index contributed by atoms with van der Waals surface area (Å²) in [6, 6.07) is 14.6. The van der Waals surface area contributed by atoms with Gasteiger partial charge in [-0.05, 0) is 11.6 Å². The van der Waals surface area contributed by atoms with Crippen LogP contribution in [-0.2, 0) is 19.1 Å². The van der Waals surface area contributed by atoms with E-state index in [1.165, 1.54) is 13.8 Å². The van der Waals surface area contributed by atoms with E-state index in [1.807, 2.05) is 30.3 Å². The van der Waals surface area contributed by atoms with Gasteiger partial charge in [-0.25, -0.2) is 0 Å². The number of carbonyl (C=O) groups is 2. The number of hydrogen-bond acceptors (Lipinski definition) is 6. The van der Waals surface area contributed by atoms with Gasteiger partial charge in [0.05, 0.1) is 12.7 Å². The van der Waals surface area contributed by atoms with Gasteiger partial charge in [0.1, 0.15) is 5.75 Å². The zero-order valence-corrected chi connectivity index (χ0v) is 14.5. The minimum atomic E-state index is -1.24. The van der Waals surface area contributed by atoms with Crippen LogP contribution in [0.15, 0.2) is 48.5 Å². The standard InChI is InChI=1S/C20H20O6/c1-12(21)25-20(26-13(2)22)15-9-6-10-17-18(15)19(23)16(11-24-17)14-7-4-3-5-8-14/h3-10,16,19-20,23H,11H2,1-2H3. The second kappa shape index (κ2) is 7.58. The van der Waals surface area contributed by atoms with Crippen molar-refractivity contribution in [1.82, 2.24) is 0 Å². The summed E-state index contributed by atoms with van der Waals surface area (Å²) in [5.74, 6) is -1.01. The van der Waals surface area contributed by atoms with Gasteiger partial charge in [-0.15, -0.1) is 0 Å². The molecule has 6 nitrogen and oxygen atoms in total. The maximum atomic E-state index is 11.4. The van der Waals surface area contributed by atoms with Gasteiger partial charge in [0, 0.05) is 30.9 Å². The van der Waals surface area contributed by atoms with Crippen molar-refractivity contribution >= 4 is 11.9 Å². The zero-order chi connectivity index (χ0) is 18.7. The molecule has 1 aliphatic heterocycles. The van der Waals surface area contributed by atoms with Gasteiger partial charge >= 0.3 is 11.9 Å². The molecule has 0 amide bonds. The zero-order valence-electron chi connectivity index (χ0n) is 14.5. The summed E-state index contributed by atoms with van der Waals surface area (Å²) in [5, 5.41) is 11.0. The minimum Gasteiger partial charge on any atom is -0.492 e. The van der Waals surface area contributed by atoms with E-state index in [2.05, 4.69) is 0 Å². The van der Waals surface area contributed by atoms with Crippen LogP contribution in [0.4, 0.5) is 0 Å². The molecule has 6 heteroatoms. The molecule has 0 saturated carbocycles. The normalized spacial score (nSPS) is 18.6. The number of aliphatic hydroxyl groups is 1. The summed E-state index contributed by atoms with van der Waals surface area (Å²) in [5.41, 5.74) is 1.78. The molecule has 0 aliphatic carbocycles. The van der Waals surface area contributed by atoms with Crippen LogP contribution in [0.3, 0.4) is 0 Å². The highest BCUT2D eigenvalue weighted by molar-refractivity contribution is 5.68. The maximum absolute atomic E-state index is 11.4. The fourth-order valence-corrected chi connectivity index (χ4v) is 3.11. The largest absolute Gasteiger partial charge is 0.492 e. The highest BCUT2D eigenvalue weighted by Crippen LogP contribution is 2.44. The van der Waals surface area contributed by atoms with Gasteiger partial charge in [0.2, 0.25) is 0 Å². The number of benzene rings is 2. The number of hydrogen-bond donors (Lipinski definition) is 1. The van der Waals surface area contributed by atoms with Crippen molar-refractivity contribution in [3.05, 3.63) is 65.2 Å². The Balaban J connectivity index is 2.02. The minimum absolute atomic E-state index is 0.292. The van der Waals surface area contributed by atoms with Gasteiger partial charge in [0.15, 0.2) is 0 Å². The molecule has 0 saturated heterocycles. The average molecular weight is 356 g/mol. The molecule has 2 unspecified atom stereocenters. The Morgan fingerprint density at radius 2 is 1.69 bits per heavy atom. The second-order valence-electron chi connectivity index (χ2n) is 6.08. The van der Waals surface area contributed by atoms with Crippen LogP contribution in [-0.4, -0.2) is 23.7 Å². The lowest BCUT2D eigenvalue weighted by atomic mass is 9.85. The molecule has 2 atom stereocenters. The molecule has 0 spiro atoms. The van der Waals surface area contributed by atoms with E-state index in [9.17, 15) is 14.7 Å². The highest BCUT2D eigenvalue weighted by atomic mass is 16.7. The van der Waals surface area contributed by atoms with E-state index in [0.29, 0.717) is 23.5 Å². The molecular weight excluding hydrogens is 336 g/mol. The summed E-state index contributed by atoms with van der Waals surface area (Å²) in [4.78, 5) is 22.9. The fourth-order valence-electron chi connectivity index (χ4n) is 3.11. The third-order valence-corrected chi connectivity index (χ3v) is 4.22. The predicted molar refractivity (Wildman–Crippen MR) is 92.4 cm³/mol. The maximum Gasteiger partial charge on any atom is 0.305 e. The van der Waals surface area contributed by atoms with Gasteiger partial charge in [-0.1, -0.05) is 42.5 Å². The Kier molecular flexibility index (Phi) is 5.23. The van der Waals surface area contributed by atoms with Crippen molar-refractivity contribution in [2.45, 2.75) is 32.2 Å². The summed E-state index contributed by atoms with van der Waals surface area (Å²) < 4.78 is 16.1. The lowest BCUT2D eigenvalue weighted by Crippen LogP contribution is -2.27. The van der Waals surface area contributed by atoms with Crippen molar-refractivity contribution < 1.29 is 28.9 Å². The van der Waals surface area contributed by atoms with Crippen LogP contribution < -0.4 is 4.74 Å². The Labute approximate surface area is 151 Å². The predicted octanol–water partition coefficient (Wildman–Crippen LogP) is 3.02. The molecule has 0 fully saturated rings. The molecule has 1 heterocycles. The molecule has 136 valence electrons. The van der Waals surface area contributed by atoms with Crippen LogP contribution in [0.5, 0.6) is 5.75 Å². The summed E-state index contributed by atoms with van der Waals surface area (Å²) in [6.07, 6.45) is -2.14. The van der Waals surface area contributed by atoms with E-state index >= 15 is 0 Å². The second-order valence-corrected chi connectivity index (χ2v) is 6.08. The molecule has 0 aromatic heterocycles. The first-order chi connectivity index (χ1) is 12.5. The lowest BCUT2D eigenvalue weighted by molar-refractivity contribution is -0.187. The van der Waals surface area contributed by atoms with Crippen molar-refractivity contribution in [3.63, 3.8) is 0 Å². The van der Waals surface area contributed by atoms with E-state index < -0.39 is 24.3 Å². The van der Waals surface area contributed by atoms with Crippen LogP contribution in [0.2, 0.25) is 0 Å². The van der Waals surface area contributed by atoms with E-state index in [4.69, 9.17) is 14.2 Å². The third-order valence-electron chi connectivity index (χ3n) is 4.22. The first-order valence-electron chi connectivity index (χ1n) is 8.30. The van der Waals surface area contributed by atoms with Crippen molar-refractivity contribution in [3.8, 4) is 5.75 Å². The number of fused-ring (bicyclic) bond motifs is 1. The monoisotopic (exact) mass is 356 g/mol. The van der Waals surface area contributed by atoms with E-state index in [-0.39, 0.29) is 5.92 Å². The van der Waals surface area contributed by atoms with Crippen LogP contribution >= 0.6 is 0 Å². The fraction of sp³-hybridized carbons (Fsp3) is 0.300. The van der Waals surface area contributed by atoms with Crippen LogP contribution in [0.25, 0.3) is 0 Å². The SMILES string of the molecule is CC(=O)OC(OC(C)=O)c1cccc2c1C(O)C(c1ccccc1)CO2. The van der Waals surface area contributed by atoms with E-state index in [1.54, 1.807) is 18.2 Å². The number of esters is 2. The number of aliphatic hydroxyl groups excluding tert-OH is 1. The highest BCUT2D eigenvalue weighted by Gasteiger charge is 2.35. The molecule has 3 rings (SSSR count). The molecule has 0 radical (unpaired) electrons. The number of ether oxygens (including phenoxy) is 3. The Bertz CT molecular complexity index is 785. The molecular formula is C20H20O6. The van der Waals surface area contributed by atoms with Gasteiger partial charge in [-0.3, -0.25) is 9.59 Å². The average Bonchev–Trinajstić information content (AvgIpc) is 2.61. The van der Waals surface area contributed by atoms with Crippen LogP contribution in [0, 0.1) is 0 Å². The number of carbonyl (C=O) groups excluding carboxylic acids is 2. The quantitative estimate of drug-likeness (QED) is 0.670. The molecule has 2 aromatic rings. The van der Waals surface area contributed by atoms with Crippen molar-refractivity contribution in [2.24, 2.45) is 0 Å². The molecule has 1 aliphatic rings. The van der Waals surface area contributed by atoms with Gasteiger partial charge in [0.25, 0.3) is 6.29 Å². The van der Waals surface area contributed by atoms with Gasteiger partial charge in [-0.2, -0.15) is 0 Å². The van der Waals surface area contributed by atoms with Crippen molar-refractivity contribution in [2.75, 3.05) is 6.61 Å². The van der Waals surface area contributed by atoms with Gasteiger partial charge < -0.3 is 19.3 Å². The van der Waals surface area contributed by atoms with E-state index in [0.717, 1.165) is 5.56 Å². The summed E-state index contributed by atoms with van der Waals surface area (Å²) in [7, 11) is 0. The first kappa shape index (κ1) is 17.9. The summed E-state index contributed by atoms with van der Waals surface area (Å²) >= 11 is 0. The number of rotatable bonds is 4. The molecule has 2 aromatic carbocycles. The van der Waals surface area contributed by atoms with Crippen LogP contribution in [0.1, 0.15) is 48.8 Å².